The summed E-state index contributed by atoms with van der Waals surface area (Å²) in [7, 11) is 0. The van der Waals surface area contributed by atoms with E-state index in [9.17, 15) is 4.79 Å². The average Bonchev–Trinajstić information content (AvgIpc) is 2.26. The highest BCUT2D eigenvalue weighted by atomic mass is 35.5. The van der Waals surface area contributed by atoms with Gasteiger partial charge in [-0.15, -0.1) is 11.6 Å². The summed E-state index contributed by atoms with van der Waals surface area (Å²) in [6.45, 7) is 4.80. The summed E-state index contributed by atoms with van der Waals surface area (Å²) in [5, 5.41) is 2.94. The van der Waals surface area contributed by atoms with Gasteiger partial charge in [0.25, 0.3) is 0 Å². The van der Waals surface area contributed by atoms with E-state index >= 15 is 0 Å². The van der Waals surface area contributed by atoms with Crippen LogP contribution in [0.4, 0.5) is 0 Å². The molecule has 0 aliphatic carbocycles. The molecule has 1 amide bonds. The first-order chi connectivity index (χ1) is 7.15. The van der Waals surface area contributed by atoms with E-state index in [1.807, 2.05) is 0 Å². The minimum atomic E-state index is -0.261. The molecule has 88 valence electrons. The summed E-state index contributed by atoms with van der Waals surface area (Å²) in [6, 6.07) is 0.0460. The molecule has 0 aromatic heterocycles. The number of rotatable bonds is 4. The predicted molar refractivity (Wildman–Crippen MR) is 61.1 cm³/mol. The third-order valence-electron chi connectivity index (χ3n) is 2.77. The highest BCUT2D eigenvalue weighted by Gasteiger charge is 2.24. The Hall–Kier alpha value is -0.280. The molecule has 3 nitrogen and oxygen atoms in total. The Morgan fingerprint density at radius 2 is 2.27 bits per heavy atom. The Balaban J connectivity index is 2.38. The minimum absolute atomic E-state index is 0.00551. The maximum Gasteiger partial charge on any atom is 0.249 e. The van der Waals surface area contributed by atoms with Crippen molar-refractivity contribution < 1.29 is 9.53 Å². The first-order valence-electron chi connectivity index (χ1n) is 5.63. The SMILES string of the molecule is CC(C)C(CCl)NC(=O)C1CCCCO1. The summed E-state index contributed by atoms with van der Waals surface area (Å²) < 4.78 is 5.41. The van der Waals surface area contributed by atoms with Gasteiger partial charge in [-0.3, -0.25) is 4.79 Å². The summed E-state index contributed by atoms with van der Waals surface area (Å²) in [6.07, 6.45) is 2.71. The molecule has 0 bridgehead atoms. The minimum Gasteiger partial charge on any atom is -0.368 e. The first-order valence-corrected chi connectivity index (χ1v) is 6.16. The van der Waals surface area contributed by atoms with Crippen LogP contribution in [0, 0.1) is 5.92 Å². The van der Waals surface area contributed by atoms with Crippen LogP contribution in [0.1, 0.15) is 33.1 Å². The monoisotopic (exact) mass is 233 g/mol. The topological polar surface area (TPSA) is 38.3 Å². The molecule has 0 radical (unpaired) electrons. The van der Waals surface area contributed by atoms with Gasteiger partial charge in [0, 0.05) is 18.5 Å². The largest absolute Gasteiger partial charge is 0.368 e. The van der Waals surface area contributed by atoms with E-state index in [0.717, 1.165) is 19.3 Å². The molecular weight excluding hydrogens is 214 g/mol. The molecule has 4 heteroatoms. The predicted octanol–water partition coefficient (Wildman–Crippen LogP) is 1.94. The van der Waals surface area contributed by atoms with Crippen molar-refractivity contribution in [3.05, 3.63) is 0 Å². The third kappa shape index (κ3) is 3.99. The van der Waals surface area contributed by atoms with Crippen LogP contribution in [0.5, 0.6) is 0 Å². The van der Waals surface area contributed by atoms with Crippen molar-refractivity contribution >= 4 is 17.5 Å². The van der Waals surface area contributed by atoms with Crippen molar-refractivity contribution in [3.63, 3.8) is 0 Å². The molecule has 0 aromatic rings. The van der Waals surface area contributed by atoms with Crippen molar-refractivity contribution in [1.29, 1.82) is 0 Å². The van der Waals surface area contributed by atoms with Crippen LogP contribution >= 0.6 is 11.6 Å². The first kappa shape index (κ1) is 12.8. The Labute approximate surface area is 96.5 Å². The highest BCUT2D eigenvalue weighted by Crippen LogP contribution is 2.13. The Bertz CT molecular complexity index is 203. The molecule has 15 heavy (non-hydrogen) atoms. The van der Waals surface area contributed by atoms with Gasteiger partial charge in [0.15, 0.2) is 0 Å². The van der Waals surface area contributed by atoms with Crippen LogP contribution < -0.4 is 5.32 Å². The van der Waals surface area contributed by atoms with Crippen LogP contribution in [-0.4, -0.2) is 30.5 Å². The van der Waals surface area contributed by atoms with Crippen molar-refractivity contribution in [1.82, 2.24) is 5.32 Å². The lowest BCUT2D eigenvalue weighted by atomic mass is 10.0. The standard InChI is InChI=1S/C11H20ClNO2/c1-8(2)9(7-12)13-11(14)10-5-3-4-6-15-10/h8-10H,3-7H2,1-2H3,(H,13,14). The lowest BCUT2D eigenvalue weighted by Gasteiger charge is -2.26. The fourth-order valence-corrected chi connectivity index (χ4v) is 2.04. The molecule has 0 spiro atoms. The van der Waals surface area contributed by atoms with E-state index in [-0.39, 0.29) is 18.1 Å². The van der Waals surface area contributed by atoms with Crippen LogP contribution in [0.15, 0.2) is 0 Å². The van der Waals surface area contributed by atoms with Gasteiger partial charge in [-0.25, -0.2) is 0 Å². The second kappa shape index (κ2) is 6.33. The molecule has 1 N–H and O–H groups in total. The number of ether oxygens (including phenoxy) is 1. The second-order valence-corrected chi connectivity index (χ2v) is 4.68. The van der Waals surface area contributed by atoms with Gasteiger partial charge < -0.3 is 10.1 Å². The van der Waals surface area contributed by atoms with Crippen molar-refractivity contribution in [3.8, 4) is 0 Å². The molecule has 1 rings (SSSR count). The number of amides is 1. The maximum absolute atomic E-state index is 11.8. The van der Waals surface area contributed by atoms with Crippen LogP contribution in [0.2, 0.25) is 0 Å². The number of hydrogen-bond donors (Lipinski definition) is 1. The molecule has 1 saturated heterocycles. The van der Waals surface area contributed by atoms with Gasteiger partial charge >= 0.3 is 0 Å². The molecule has 1 aliphatic rings. The fourth-order valence-electron chi connectivity index (χ4n) is 1.61. The molecule has 1 heterocycles. The van der Waals surface area contributed by atoms with Gasteiger partial charge in [-0.05, 0) is 25.2 Å². The van der Waals surface area contributed by atoms with E-state index in [4.69, 9.17) is 16.3 Å². The van der Waals surface area contributed by atoms with Crippen molar-refractivity contribution in [2.24, 2.45) is 5.92 Å². The number of halogens is 1. The van der Waals surface area contributed by atoms with E-state index in [1.54, 1.807) is 0 Å². The Kier molecular flexibility index (Phi) is 5.40. The highest BCUT2D eigenvalue weighted by molar-refractivity contribution is 6.18. The van der Waals surface area contributed by atoms with E-state index in [1.165, 1.54) is 0 Å². The van der Waals surface area contributed by atoms with Gasteiger partial charge in [-0.1, -0.05) is 13.8 Å². The summed E-state index contributed by atoms with van der Waals surface area (Å²) in [5.74, 6) is 0.806. The van der Waals surface area contributed by atoms with Crippen LogP contribution in [-0.2, 0) is 9.53 Å². The summed E-state index contributed by atoms with van der Waals surface area (Å²) in [5.41, 5.74) is 0. The Morgan fingerprint density at radius 1 is 1.53 bits per heavy atom. The number of carbonyl (C=O) groups excluding carboxylic acids is 1. The van der Waals surface area contributed by atoms with Crippen LogP contribution in [0.25, 0.3) is 0 Å². The molecule has 0 saturated carbocycles. The van der Waals surface area contributed by atoms with E-state index in [2.05, 4.69) is 19.2 Å². The van der Waals surface area contributed by atoms with E-state index < -0.39 is 0 Å². The molecule has 2 atom stereocenters. The van der Waals surface area contributed by atoms with Crippen molar-refractivity contribution in [2.75, 3.05) is 12.5 Å². The number of hydrogen-bond acceptors (Lipinski definition) is 2. The van der Waals surface area contributed by atoms with Gasteiger partial charge in [-0.2, -0.15) is 0 Å². The Morgan fingerprint density at radius 3 is 2.73 bits per heavy atom. The van der Waals surface area contributed by atoms with Gasteiger partial charge in [0.05, 0.1) is 0 Å². The van der Waals surface area contributed by atoms with Gasteiger partial charge in [0.2, 0.25) is 5.91 Å². The normalized spacial score (nSPS) is 23.9. The fraction of sp³-hybridized carbons (Fsp3) is 0.909. The summed E-state index contributed by atoms with van der Waals surface area (Å²) in [4.78, 5) is 11.8. The quantitative estimate of drug-likeness (QED) is 0.754. The zero-order valence-electron chi connectivity index (χ0n) is 9.46. The third-order valence-corrected chi connectivity index (χ3v) is 3.10. The van der Waals surface area contributed by atoms with Gasteiger partial charge in [0.1, 0.15) is 6.10 Å². The lowest BCUT2D eigenvalue weighted by molar-refractivity contribution is -0.136. The average molecular weight is 234 g/mol. The number of alkyl halides is 1. The lowest BCUT2D eigenvalue weighted by Crippen LogP contribution is -2.46. The molecule has 1 fully saturated rings. The molecular formula is C11H20ClNO2. The molecule has 0 aromatic carbocycles. The molecule has 2 unspecified atom stereocenters. The zero-order valence-corrected chi connectivity index (χ0v) is 10.2. The summed E-state index contributed by atoms with van der Waals surface area (Å²) >= 11 is 5.79. The maximum atomic E-state index is 11.8. The second-order valence-electron chi connectivity index (χ2n) is 4.37. The smallest absolute Gasteiger partial charge is 0.249 e. The van der Waals surface area contributed by atoms with Crippen molar-refractivity contribution in [2.45, 2.75) is 45.3 Å². The van der Waals surface area contributed by atoms with E-state index in [0.29, 0.717) is 18.4 Å². The number of nitrogens with one attached hydrogen (secondary N) is 1. The van der Waals surface area contributed by atoms with Crippen LogP contribution in [0.3, 0.4) is 0 Å². The number of carbonyl (C=O) groups is 1. The molecule has 1 aliphatic heterocycles. The zero-order chi connectivity index (χ0) is 11.3.